The lowest BCUT2D eigenvalue weighted by molar-refractivity contribution is 0.283. The Balaban J connectivity index is 1.49. The van der Waals surface area contributed by atoms with Crippen LogP contribution in [-0.4, -0.2) is 48.4 Å². The van der Waals surface area contributed by atoms with E-state index in [0.717, 1.165) is 36.3 Å². The third-order valence-electron chi connectivity index (χ3n) is 7.06. The predicted octanol–water partition coefficient (Wildman–Crippen LogP) is 10.4. The number of benzene rings is 1. The van der Waals surface area contributed by atoms with Gasteiger partial charge in [-0.15, -0.1) is 0 Å². The minimum Gasteiger partial charge on any atom is -0.494 e. The molecule has 0 aliphatic carbocycles. The number of rotatable bonds is 23. The Labute approximate surface area is 260 Å². The first-order valence-corrected chi connectivity index (χ1v) is 25.8. The quantitative estimate of drug-likeness (QED) is 0.0897. The standard InChI is InChI=1S/C33H60N2O4Si3/c1-9-10-18-26-37-33-34-28-31(29-35-33)30-21-23-32(24-22-30)36-25-19-16-14-12-11-13-15-17-20-27-41(5,6)39-42(7,8)38-40(2,3)4/h21-24,28-29H,9-20,25-27H2,1-8H3. The summed E-state index contributed by atoms with van der Waals surface area (Å²) < 4.78 is 24.6. The highest BCUT2D eigenvalue weighted by Gasteiger charge is 2.37. The summed E-state index contributed by atoms with van der Waals surface area (Å²) in [5, 5.41) is 0. The molecule has 2 rings (SSSR count). The fraction of sp³-hybridized carbons (Fsp3) is 0.697. The van der Waals surface area contributed by atoms with Gasteiger partial charge in [-0.1, -0.05) is 83.3 Å². The van der Waals surface area contributed by atoms with Crippen molar-refractivity contribution < 1.29 is 17.7 Å². The lowest BCUT2D eigenvalue weighted by Gasteiger charge is -2.37. The molecule has 1 heterocycles. The number of hydrogen-bond donors (Lipinski definition) is 0. The van der Waals surface area contributed by atoms with Crippen LogP contribution < -0.4 is 9.47 Å². The van der Waals surface area contributed by atoms with Crippen LogP contribution in [0.3, 0.4) is 0 Å². The maximum Gasteiger partial charge on any atom is 0.316 e. The molecule has 42 heavy (non-hydrogen) atoms. The zero-order valence-corrected chi connectivity index (χ0v) is 31.1. The van der Waals surface area contributed by atoms with Gasteiger partial charge in [-0.3, -0.25) is 0 Å². The van der Waals surface area contributed by atoms with E-state index >= 15 is 0 Å². The minimum atomic E-state index is -2.01. The average Bonchev–Trinajstić information content (AvgIpc) is 2.90. The van der Waals surface area contributed by atoms with Crippen molar-refractivity contribution >= 4 is 25.2 Å². The van der Waals surface area contributed by atoms with Gasteiger partial charge < -0.3 is 17.7 Å². The van der Waals surface area contributed by atoms with Gasteiger partial charge in [0.25, 0.3) is 0 Å². The van der Waals surface area contributed by atoms with Gasteiger partial charge in [0.15, 0.2) is 16.6 Å². The van der Waals surface area contributed by atoms with E-state index in [1.165, 1.54) is 70.3 Å². The second-order valence-electron chi connectivity index (χ2n) is 13.6. The van der Waals surface area contributed by atoms with Crippen molar-refractivity contribution in [1.29, 1.82) is 0 Å². The first-order chi connectivity index (χ1) is 19.9. The van der Waals surface area contributed by atoms with Crippen molar-refractivity contribution in [2.24, 2.45) is 0 Å². The summed E-state index contributed by atoms with van der Waals surface area (Å²) >= 11 is 0. The number of aromatic nitrogens is 2. The van der Waals surface area contributed by atoms with Crippen LogP contribution in [0.4, 0.5) is 0 Å². The van der Waals surface area contributed by atoms with Crippen molar-refractivity contribution in [2.75, 3.05) is 13.2 Å². The van der Waals surface area contributed by atoms with Crippen molar-refractivity contribution in [3.63, 3.8) is 0 Å². The van der Waals surface area contributed by atoms with Gasteiger partial charge in [-0.05, 0) is 82.4 Å². The van der Waals surface area contributed by atoms with E-state index in [4.69, 9.17) is 17.7 Å². The van der Waals surface area contributed by atoms with E-state index in [2.05, 4.69) is 74.9 Å². The number of hydrogen-bond acceptors (Lipinski definition) is 6. The summed E-state index contributed by atoms with van der Waals surface area (Å²) in [4.78, 5) is 8.69. The smallest absolute Gasteiger partial charge is 0.316 e. The normalized spacial score (nSPS) is 12.5. The van der Waals surface area contributed by atoms with E-state index in [1.54, 1.807) is 0 Å². The van der Waals surface area contributed by atoms with Crippen molar-refractivity contribution in [1.82, 2.24) is 9.97 Å². The third kappa shape index (κ3) is 16.9. The van der Waals surface area contributed by atoms with Gasteiger partial charge in [0.1, 0.15) is 5.75 Å². The molecule has 6 nitrogen and oxygen atoms in total. The fourth-order valence-electron chi connectivity index (χ4n) is 5.35. The van der Waals surface area contributed by atoms with Crippen LogP contribution in [0.5, 0.6) is 11.8 Å². The highest BCUT2D eigenvalue weighted by Crippen LogP contribution is 2.25. The summed E-state index contributed by atoms with van der Waals surface area (Å²) in [6.07, 6.45) is 18.7. The molecule has 238 valence electrons. The average molecular weight is 633 g/mol. The maximum atomic E-state index is 6.64. The molecule has 0 saturated heterocycles. The fourth-order valence-corrected chi connectivity index (χ4v) is 18.6. The second kappa shape index (κ2) is 19.0. The molecule has 0 bridgehead atoms. The lowest BCUT2D eigenvalue weighted by Crippen LogP contribution is -2.51. The second-order valence-corrected chi connectivity index (χ2v) is 26.3. The molecule has 1 aromatic carbocycles. The molecule has 1 aromatic heterocycles. The Kier molecular flexibility index (Phi) is 16.6. The van der Waals surface area contributed by atoms with Crippen LogP contribution in [0, 0.1) is 0 Å². The highest BCUT2D eigenvalue weighted by atomic mass is 28.5. The monoisotopic (exact) mass is 632 g/mol. The summed E-state index contributed by atoms with van der Waals surface area (Å²) in [6.45, 7) is 19.6. The first-order valence-electron chi connectivity index (χ1n) is 16.5. The van der Waals surface area contributed by atoms with Crippen LogP contribution in [0.1, 0.15) is 84.0 Å². The molecule has 0 atom stereocenters. The molecule has 0 N–H and O–H groups in total. The van der Waals surface area contributed by atoms with Crippen molar-refractivity contribution in [3.8, 4) is 22.9 Å². The molecule has 9 heteroatoms. The van der Waals surface area contributed by atoms with Crippen molar-refractivity contribution in [2.45, 2.75) is 136 Å². The molecular formula is C33H60N2O4Si3. The summed E-state index contributed by atoms with van der Waals surface area (Å²) in [5.41, 5.74) is 2.06. The SMILES string of the molecule is CCCCCOc1ncc(-c2ccc(OCCCCCCCCCCC[Si](C)(C)O[Si](C)(C)O[Si](C)(C)C)cc2)cn1. The first kappa shape index (κ1) is 36.7. The molecule has 0 aliphatic rings. The molecule has 2 aromatic rings. The summed E-state index contributed by atoms with van der Waals surface area (Å²) in [7, 11) is -5.20. The highest BCUT2D eigenvalue weighted by molar-refractivity contribution is 6.87. The molecule has 0 unspecified atom stereocenters. The lowest BCUT2D eigenvalue weighted by atomic mass is 10.1. The Morgan fingerprint density at radius 2 is 1.10 bits per heavy atom. The zero-order chi connectivity index (χ0) is 30.9. The number of unbranched alkanes of at least 4 members (excludes halogenated alkanes) is 10. The van der Waals surface area contributed by atoms with Crippen LogP contribution >= 0.6 is 0 Å². The topological polar surface area (TPSA) is 62.7 Å². The Morgan fingerprint density at radius 3 is 1.67 bits per heavy atom. The van der Waals surface area contributed by atoms with E-state index in [-0.39, 0.29) is 0 Å². The van der Waals surface area contributed by atoms with Gasteiger partial charge in [0.05, 0.1) is 13.2 Å². The van der Waals surface area contributed by atoms with Crippen LogP contribution in [0.25, 0.3) is 11.1 Å². The number of nitrogens with zero attached hydrogens (tertiary/aromatic N) is 2. The van der Waals surface area contributed by atoms with E-state index in [0.29, 0.717) is 12.6 Å². The predicted molar refractivity (Wildman–Crippen MR) is 185 cm³/mol. The third-order valence-corrected chi connectivity index (χ3v) is 17.2. The number of ether oxygens (including phenoxy) is 2. The van der Waals surface area contributed by atoms with Gasteiger partial charge in [0.2, 0.25) is 0 Å². The van der Waals surface area contributed by atoms with Crippen molar-refractivity contribution in [3.05, 3.63) is 36.7 Å². The molecule has 0 aliphatic heterocycles. The Bertz CT molecular complexity index is 980. The van der Waals surface area contributed by atoms with Gasteiger partial charge in [-0.25, -0.2) is 9.97 Å². The van der Waals surface area contributed by atoms with E-state index in [1.807, 2.05) is 24.5 Å². The van der Waals surface area contributed by atoms with E-state index < -0.39 is 25.2 Å². The Hall–Kier alpha value is -1.53. The zero-order valence-electron chi connectivity index (χ0n) is 28.1. The molecule has 0 spiro atoms. The van der Waals surface area contributed by atoms with Gasteiger partial charge >= 0.3 is 14.6 Å². The van der Waals surface area contributed by atoms with Crippen LogP contribution in [0.15, 0.2) is 36.7 Å². The van der Waals surface area contributed by atoms with Crippen LogP contribution in [-0.2, 0) is 8.23 Å². The van der Waals surface area contributed by atoms with E-state index in [9.17, 15) is 0 Å². The molecular weight excluding hydrogens is 573 g/mol. The Morgan fingerprint density at radius 1 is 0.571 bits per heavy atom. The molecule has 0 radical (unpaired) electrons. The minimum absolute atomic E-state index is 0.450. The molecule has 0 saturated carbocycles. The summed E-state index contributed by atoms with van der Waals surface area (Å²) in [6, 6.07) is 9.90. The van der Waals surface area contributed by atoms with Gasteiger partial charge in [-0.2, -0.15) is 0 Å². The molecule has 0 fully saturated rings. The largest absolute Gasteiger partial charge is 0.494 e. The molecule has 0 amide bonds. The summed E-state index contributed by atoms with van der Waals surface area (Å²) in [5.74, 6) is 0.918. The van der Waals surface area contributed by atoms with Crippen LogP contribution in [0.2, 0.25) is 51.9 Å². The van der Waals surface area contributed by atoms with Gasteiger partial charge in [0, 0.05) is 18.0 Å². The maximum absolute atomic E-state index is 6.64.